The summed E-state index contributed by atoms with van der Waals surface area (Å²) in [4.78, 5) is 0. The third kappa shape index (κ3) is 3.51. The number of hydrogen-bond acceptors (Lipinski definition) is 2. The quantitative estimate of drug-likeness (QED) is 0.301. The van der Waals surface area contributed by atoms with E-state index in [-0.39, 0.29) is 0 Å². The number of hydrogen-bond donors (Lipinski definition) is 0. The van der Waals surface area contributed by atoms with Crippen LogP contribution in [0.15, 0.2) is 97.1 Å². The van der Waals surface area contributed by atoms with Crippen molar-refractivity contribution in [3.63, 3.8) is 0 Å². The zero-order chi connectivity index (χ0) is 21.2. The summed E-state index contributed by atoms with van der Waals surface area (Å²) in [6, 6.07) is 33.6. The van der Waals surface area contributed by atoms with Gasteiger partial charge in [-0.05, 0) is 51.7 Å². The first-order chi connectivity index (χ1) is 15.3. The highest BCUT2D eigenvalue weighted by Crippen LogP contribution is 2.46. The SMILES string of the molecule is COc1ccc2ccccc2c1-c1c(OCc2ccccc2)c(C)cc2ccccc12. The minimum Gasteiger partial charge on any atom is -0.496 e. The number of aryl methyl sites for hydroxylation is 1. The summed E-state index contributed by atoms with van der Waals surface area (Å²) in [7, 11) is 1.73. The predicted octanol–water partition coefficient (Wildman–Crippen LogP) is 7.56. The molecule has 0 saturated carbocycles. The van der Waals surface area contributed by atoms with Crippen molar-refractivity contribution in [2.75, 3.05) is 7.11 Å². The Morgan fingerprint density at radius 3 is 2.03 bits per heavy atom. The van der Waals surface area contributed by atoms with E-state index in [0.29, 0.717) is 6.61 Å². The Labute approximate surface area is 182 Å². The molecule has 152 valence electrons. The highest BCUT2D eigenvalue weighted by molar-refractivity contribution is 6.10. The van der Waals surface area contributed by atoms with Gasteiger partial charge in [-0.1, -0.05) is 84.9 Å². The van der Waals surface area contributed by atoms with Crippen molar-refractivity contribution in [2.45, 2.75) is 13.5 Å². The maximum Gasteiger partial charge on any atom is 0.131 e. The molecule has 2 heteroatoms. The van der Waals surface area contributed by atoms with Crippen molar-refractivity contribution in [2.24, 2.45) is 0 Å². The lowest BCUT2D eigenvalue weighted by atomic mass is 9.90. The van der Waals surface area contributed by atoms with Gasteiger partial charge >= 0.3 is 0 Å². The molecular weight excluding hydrogens is 380 g/mol. The van der Waals surface area contributed by atoms with Gasteiger partial charge in [0.05, 0.1) is 7.11 Å². The Morgan fingerprint density at radius 2 is 1.29 bits per heavy atom. The van der Waals surface area contributed by atoms with Crippen LogP contribution in [0.25, 0.3) is 32.7 Å². The topological polar surface area (TPSA) is 18.5 Å². The number of rotatable bonds is 5. The van der Waals surface area contributed by atoms with Crippen molar-refractivity contribution in [1.82, 2.24) is 0 Å². The molecule has 0 bridgehead atoms. The van der Waals surface area contributed by atoms with Crippen LogP contribution in [-0.2, 0) is 6.61 Å². The molecule has 0 N–H and O–H groups in total. The van der Waals surface area contributed by atoms with Gasteiger partial charge in [0.25, 0.3) is 0 Å². The second kappa shape index (κ2) is 8.16. The van der Waals surface area contributed by atoms with E-state index in [1.807, 2.05) is 18.2 Å². The van der Waals surface area contributed by atoms with Crippen LogP contribution in [0.4, 0.5) is 0 Å². The molecular formula is C29H24O2. The standard InChI is InChI=1S/C29H24O2/c1-20-18-23-13-7-9-15-25(23)28(29(20)31-19-21-10-4-3-5-11-21)27-24-14-8-6-12-22(24)16-17-26(27)30-2/h3-18H,19H2,1-2H3. The third-order valence-electron chi connectivity index (χ3n) is 5.77. The lowest BCUT2D eigenvalue weighted by Crippen LogP contribution is -2.01. The second-order valence-corrected chi connectivity index (χ2v) is 7.76. The smallest absolute Gasteiger partial charge is 0.131 e. The second-order valence-electron chi connectivity index (χ2n) is 7.76. The summed E-state index contributed by atoms with van der Waals surface area (Å²) >= 11 is 0. The van der Waals surface area contributed by atoms with E-state index in [9.17, 15) is 0 Å². The molecule has 0 unspecified atom stereocenters. The van der Waals surface area contributed by atoms with E-state index >= 15 is 0 Å². The molecule has 0 aliphatic carbocycles. The molecule has 0 amide bonds. The number of fused-ring (bicyclic) bond motifs is 2. The van der Waals surface area contributed by atoms with Crippen LogP contribution < -0.4 is 9.47 Å². The number of ether oxygens (including phenoxy) is 2. The van der Waals surface area contributed by atoms with Gasteiger partial charge < -0.3 is 9.47 Å². The summed E-state index contributed by atoms with van der Waals surface area (Å²) in [6.07, 6.45) is 0. The van der Waals surface area contributed by atoms with Gasteiger partial charge in [-0.25, -0.2) is 0 Å². The molecule has 5 aromatic rings. The van der Waals surface area contributed by atoms with Crippen LogP contribution in [0.2, 0.25) is 0 Å². The summed E-state index contributed by atoms with van der Waals surface area (Å²) in [5, 5.41) is 4.68. The summed E-state index contributed by atoms with van der Waals surface area (Å²) in [5.41, 5.74) is 4.41. The van der Waals surface area contributed by atoms with Crippen LogP contribution in [0.3, 0.4) is 0 Å². The molecule has 0 radical (unpaired) electrons. The van der Waals surface area contributed by atoms with Crippen LogP contribution in [0.5, 0.6) is 11.5 Å². The van der Waals surface area contributed by atoms with Gasteiger partial charge in [0.1, 0.15) is 18.1 Å². The fourth-order valence-corrected chi connectivity index (χ4v) is 4.31. The van der Waals surface area contributed by atoms with Crippen LogP contribution >= 0.6 is 0 Å². The molecule has 0 aliphatic heterocycles. The zero-order valence-corrected chi connectivity index (χ0v) is 17.8. The average molecular weight is 405 g/mol. The van der Waals surface area contributed by atoms with Crippen molar-refractivity contribution < 1.29 is 9.47 Å². The van der Waals surface area contributed by atoms with Gasteiger partial charge in [-0.3, -0.25) is 0 Å². The lowest BCUT2D eigenvalue weighted by molar-refractivity contribution is 0.305. The van der Waals surface area contributed by atoms with E-state index in [1.54, 1.807) is 7.11 Å². The van der Waals surface area contributed by atoms with Crippen molar-refractivity contribution in [3.05, 3.63) is 108 Å². The van der Waals surface area contributed by atoms with Crippen LogP contribution in [-0.4, -0.2) is 7.11 Å². The van der Waals surface area contributed by atoms with E-state index in [1.165, 1.54) is 10.8 Å². The maximum atomic E-state index is 6.51. The molecule has 0 heterocycles. The number of benzene rings is 5. The Bertz CT molecular complexity index is 1370. The first-order valence-corrected chi connectivity index (χ1v) is 10.5. The Morgan fingerprint density at radius 1 is 0.645 bits per heavy atom. The average Bonchev–Trinajstić information content (AvgIpc) is 2.82. The van der Waals surface area contributed by atoms with E-state index in [4.69, 9.17) is 9.47 Å². The van der Waals surface area contributed by atoms with Gasteiger partial charge in [-0.2, -0.15) is 0 Å². The zero-order valence-electron chi connectivity index (χ0n) is 17.8. The Hall–Kier alpha value is -3.78. The number of methoxy groups -OCH3 is 1. The minimum atomic E-state index is 0.514. The maximum absolute atomic E-state index is 6.51. The summed E-state index contributed by atoms with van der Waals surface area (Å²) in [5.74, 6) is 1.75. The minimum absolute atomic E-state index is 0.514. The molecule has 5 aromatic carbocycles. The largest absolute Gasteiger partial charge is 0.496 e. The molecule has 2 nitrogen and oxygen atoms in total. The normalized spacial score (nSPS) is 11.0. The van der Waals surface area contributed by atoms with Gasteiger partial charge in [-0.15, -0.1) is 0 Å². The highest BCUT2D eigenvalue weighted by atomic mass is 16.5. The summed E-state index contributed by atoms with van der Waals surface area (Å²) < 4.78 is 12.4. The van der Waals surface area contributed by atoms with Crippen LogP contribution in [0.1, 0.15) is 11.1 Å². The monoisotopic (exact) mass is 404 g/mol. The first kappa shape index (κ1) is 19.2. The first-order valence-electron chi connectivity index (χ1n) is 10.5. The Kier molecular flexibility index (Phi) is 5.05. The molecule has 5 rings (SSSR count). The van der Waals surface area contributed by atoms with Crippen molar-refractivity contribution in [3.8, 4) is 22.6 Å². The Balaban J connectivity index is 1.81. The van der Waals surface area contributed by atoms with Gasteiger partial charge in [0.15, 0.2) is 0 Å². The third-order valence-corrected chi connectivity index (χ3v) is 5.77. The van der Waals surface area contributed by atoms with E-state index in [0.717, 1.165) is 44.5 Å². The van der Waals surface area contributed by atoms with Gasteiger partial charge in [0, 0.05) is 11.1 Å². The molecule has 31 heavy (non-hydrogen) atoms. The van der Waals surface area contributed by atoms with Crippen molar-refractivity contribution >= 4 is 21.5 Å². The molecule has 0 aliphatic rings. The molecule has 0 spiro atoms. The molecule has 0 aromatic heterocycles. The summed E-state index contributed by atoms with van der Waals surface area (Å²) in [6.45, 7) is 2.63. The van der Waals surface area contributed by atoms with E-state index < -0.39 is 0 Å². The van der Waals surface area contributed by atoms with Gasteiger partial charge in [0.2, 0.25) is 0 Å². The molecule has 0 atom stereocenters. The van der Waals surface area contributed by atoms with E-state index in [2.05, 4.69) is 85.8 Å². The molecule has 0 saturated heterocycles. The predicted molar refractivity (Wildman–Crippen MR) is 129 cm³/mol. The highest BCUT2D eigenvalue weighted by Gasteiger charge is 2.20. The van der Waals surface area contributed by atoms with Crippen LogP contribution in [0, 0.1) is 6.92 Å². The molecule has 0 fully saturated rings. The fourth-order valence-electron chi connectivity index (χ4n) is 4.31. The lowest BCUT2D eigenvalue weighted by Gasteiger charge is -2.20. The van der Waals surface area contributed by atoms with Crippen molar-refractivity contribution in [1.29, 1.82) is 0 Å². The fraction of sp³-hybridized carbons (Fsp3) is 0.103.